The molecule has 0 atom stereocenters. The van der Waals surface area contributed by atoms with Crippen LogP contribution in [0.2, 0.25) is 0 Å². The number of thiazole rings is 1. The number of hydrogen-bond acceptors (Lipinski definition) is 8. The lowest BCUT2D eigenvalue weighted by Crippen LogP contribution is -2.08. The van der Waals surface area contributed by atoms with E-state index in [1.54, 1.807) is 18.7 Å². The zero-order valence-electron chi connectivity index (χ0n) is 13.1. The summed E-state index contributed by atoms with van der Waals surface area (Å²) in [7, 11) is 1.60. The first-order chi connectivity index (χ1) is 11.2. The maximum absolute atomic E-state index is 5.77. The van der Waals surface area contributed by atoms with Crippen molar-refractivity contribution in [1.82, 2.24) is 4.98 Å². The summed E-state index contributed by atoms with van der Waals surface area (Å²) < 4.78 is 16.4. The molecule has 0 aliphatic rings. The highest BCUT2D eigenvalue weighted by Gasteiger charge is 2.09. The van der Waals surface area contributed by atoms with Crippen LogP contribution in [0.25, 0.3) is 0 Å². The van der Waals surface area contributed by atoms with Crippen molar-refractivity contribution in [3.8, 4) is 11.5 Å². The summed E-state index contributed by atoms with van der Waals surface area (Å²) in [5.41, 5.74) is 9.18. The normalized spacial score (nSPS) is 10.9. The van der Waals surface area contributed by atoms with Crippen molar-refractivity contribution in [3.63, 3.8) is 0 Å². The van der Waals surface area contributed by atoms with E-state index < -0.39 is 0 Å². The topological polar surface area (TPSA) is 91.0 Å². The van der Waals surface area contributed by atoms with Crippen molar-refractivity contribution < 1.29 is 14.2 Å². The highest BCUT2D eigenvalue weighted by molar-refractivity contribution is 7.14. The molecule has 0 spiro atoms. The molecule has 0 bridgehead atoms. The van der Waals surface area contributed by atoms with Crippen LogP contribution in [0.3, 0.4) is 0 Å². The molecular weight excluding hydrogens is 316 g/mol. The largest absolute Gasteiger partial charge is 0.493 e. The first kappa shape index (κ1) is 17.0. The number of hydrazone groups is 1. The third-order valence-corrected chi connectivity index (χ3v) is 3.56. The summed E-state index contributed by atoms with van der Waals surface area (Å²) in [5, 5.41) is 6.52. The third kappa shape index (κ3) is 5.11. The van der Waals surface area contributed by atoms with E-state index in [1.807, 2.05) is 25.1 Å². The van der Waals surface area contributed by atoms with Gasteiger partial charge in [-0.25, -0.2) is 4.98 Å². The highest BCUT2D eigenvalue weighted by Crippen LogP contribution is 2.30. The van der Waals surface area contributed by atoms with Gasteiger partial charge in [0.2, 0.25) is 5.13 Å². The van der Waals surface area contributed by atoms with Gasteiger partial charge in [-0.05, 0) is 19.1 Å². The van der Waals surface area contributed by atoms with Crippen LogP contribution in [0.5, 0.6) is 11.5 Å². The van der Waals surface area contributed by atoms with E-state index in [4.69, 9.17) is 19.9 Å². The monoisotopic (exact) mass is 336 g/mol. The first-order valence-electron chi connectivity index (χ1n) is 7.12. The van der Waals surface area contributed by atoms with Crippen molar-refractivity contribution in [3.05, 3.63) is 29.1 Å². The minimum Gasteiger partial charge on any atom is -0.493 e. The standard InChI is InChI=1S/C15H20N4O3S/c1-3-21-7-8-22-14-11(5-4-6-12(14)20-2)9-17-19-15-18-13(16)10-23-15/h4-6,9-10H,3,7-8,16H2,1-2H3,(H,18,19). The smallest absolute Gasteiger partial charge is 0.205 e. The highest BCUT2D eigenvalue weighted by atomic mass is 32.1. The molecule has 23 heavy (non-hydrogen) atoms. The molecule has 0 unspecified atom stereocenters. The van der Waals surface area contributed by atoms with Crippen LogP contribution in [-0.2, 0) is 4.74 Å². The van der Waals surface area contributed by atoms with Crippen LogP contribution in [-0.4, -0.2) is 38.1 Å². The lowest BCUT2D eigenvalue weighted by Gasteiger charge is -2.13. The van der Waals surface area contributed by atoms with Crippen LogP contribution in [0, 0.1) is 0 Å². The average Bonchev–Trinajstić information content (AvgIpc) is 2.97. The molecule has 0 radical (unpaired) electrons. The Morgan fingerprint density at radius 1 is 1.39 bits per heavy atom. The maximum Gasteiger partial charge on any atom is 0.205 e. The second-order valence-corrected chi connectivity index (χ2v) is 5.23. The molecule has 3 N–H and O–H groups in total. The van der Waals surface area contributed by atoms with Gasteiger partial charge in [-0.2, -0.15) is 5.10 Å². The van der Waals surface area contributed by atoms with E-state index in [2.05, 4.69) is 15.5 Å². The summed E-state index contributed by atoms with van der Waals surface area (Å²) in [6.45, 7) is 3.55. The van der Waals surface area contributed by atoms with Crippen molar-refractivity contribution in [2.75, 3.05) is 38.1 Å². The average molecular weight is 336 g/mol. The fourth-order valence-corrected chi connectivity index (χ4v) is 2.34. The second kappa shape index (κ2) is 8.96. The Kier molecular flexibility index (Phi) is 6.64. The number of rotatable bonds is 9. The summed E-state index contributed by atoms with van der Waals surface area (Å²) in [6.07, 6.45) is 1.65. The van der Waals surface area contributed by atoms with Gasteiger partial charge in [0.05, 0.1) is 19.9 Å². The summed E-state index contributed by atoms with van der Waals surface area (Å²) >= 11 is 1.38. The molecule has 1 heterocycles. The first-order valence-corrected chi connectivity index (χ1v) is 8.00. The van der Waals surface area contributed by atoms with Crippen molar-refractivity contribution >= 4 is 28.5 Å². The molecule has 0 saturated carbocycles. The number of nitrogen functional groups attached to an aromatic ring is 1. The van der Waals surface area contributed by atoms with E-state index >= 15 is 0 Å². The molecule has 0 aliphatic carbocycles. The van der Waals surface area contributed by atoms with Crippen molar-refractivity contribution in [2.24, 2.45) is 5.10 Å². The quantitative estimate of drug-likeness (QED) is 0.415. The number of ether oxygens (including phenoxy) is 3. The molecular formula is C15H20N4O3S. The van der Waals surface area contributed by atoms with Gasteiger partial charge < -0.3 is 19.9 Å². The van der Waals surface area contributed by atoms with Crippen LogP contribution in [0.15, 0.2) is 28.7 Å². The number of anilines is 2. The Hall–Kier alpha value is -2.32. The molecule has 7 nitrogen and oxygen atoms in total. The number of nitrogens with zero attached hydrogens (tertiary/aromatic N) is 2. The molecule has 0 fully saturated rings. The minimum absolute atomic E-state index is 0.436. The molecule has 2 rings (SSSR count). The molecule has 124 valence electrons. The molecule has 1 aromatic carbocycles. The van der Waals surface area contributed by atoms with E-state index in [-0.39, 0.29) is 0 Å². The summed E-state index contributed by atoms with van der Waals surface area (Å²) in [5.74, 6) is 1.73. The summed E-state index contributed by atoms with van der Waals surface area (Å²) in [6, 6.07) is 5.60. The van der Waals surface area contributed by atoms with E-state index in [9.17, 15) is 0 Å². The van der Waals surface area contributed by atoms with Gasteiger partial charge in [-0.15, -0.1) is 11.3 Å². The van der Waals surface area contributed by atoms with Gasteiger partial charge in [-0.3, -0.25) is 5.43 Å². The lowest BCUT2D eigenvalue weighted by atomic mass is 10.2. The Bertz CT molecular complexity index is 645. The Morgan fingerprint density at radius 3 is 2.96 bits per heavy atom. The Balaban J connectivity index is 2.06. The number of methoxy groups -OCH3 is 1. The molecule has 2 aromatic rings. The Morgan fingerprint density at radius 2 is 2.26 bits per heavy atom. The van der Waals surface area contributed by atoms with E-state index in [0.29, 0.717) is 42.3 Å². The van der Waals surface area contributed by atoms with Gasteiger partial charge in [0.25, 0.3) is 0 Å². The van der Waals surface area contributed by atoms with Crippen molar-refractivity contribution in [2.45, 2.75) is 6.92 Å². The summed E-state index contributed by atoms with van der Waals surface area (Å²) in [4.78, 5) is 4.07. The van der Waals surface area contributed by atoms with Gasteiger partial charge in [0.1, 0.15) is 12.4 Å². The van der Waals surface area contributed by atoms with Crippen molar-refractivity contribution in [1.29, 1.82) is 0 Å². The van der Waals surface area contributed by atoms with Crippen LogP contribution in [0.1, 0.15) is 12.5 Å². The maximum atomic E-state index is 5.77. The second-order valence-electron chi connectivity index (χ2n) is 4.37. The predicted octanol–water partition coefficient (Wildman–Crippen LogP) is 2.60. The number of nitrogens with two attached hydrogens (primary N) is 1. The van der Waals surface area contributed by atoms with E-state index in [0.717, 1.165) is 5.56 Å². The van der Waals surface area contributed by atoms with Gasteiger partial charge in [-0.1, -0.05) is 6.07 Å². The van der Waals surface area contributed by atoms with Gasteiger partial charge in [0.15, 0.2) is 11.5 Å². The van der Waals surface area contributed by atoms with Gasteiger partial charge >= 0.3 is 0 Å². The predicted molar refractivity (Wildman–Crippen MR) is 92.7 cm³/mol. The molecule has 8 heteroatoms. The number of nitrogens with one attached hydrogen (secondary N) is 1. The number of hydrogen-bond donors (Lipinski definition) is 2. The molecule has 0 aliphatic heterocycles. The minimum atomic E-state index is 0.436. The lowest BCUT2D eigenvalue weighted by molar-refractivity contribution is 0.109. The third-order valence-electron chi connectivity index (χ3n) is 2.79. The molecule has 0 saturated heterocycles. The SMILES string of the molecule is CCOCCOc1c(C=NNc2nc(N)cs2)cccc1OC. The van der Waals surface area contributed by atoms with Crippen LogP contribution in [0.4, 0.5) is 10.9 Å². The number of aromatic nitrogens is 1. The van der Waals surface area contributed by atoms with E-state index in [1.165, 1.54) is 11.3 Å². The fourth-order valence-electron chi connectivity index (χ4n) is 1.79. The Labute approximate surface area is 139 Å². The molecule has 1 aromatic heterocycles. The van der Waals surface area contributed by atoms with Crippen LogP contribution >= 0.6 is 11.3 Å². The van der Waals surface area contributed by atoms with Gasteiger partial charge in [0, 0.05) is 17.6 Å². The zero-order valence-corrected chi connectivity index (χ0v) is 13.9. The molecule has 0 amide bonds. The zero-order chi connectivity index (χ0) is 16.5. The van der Waals surface area contributed by atoms with Crippen LogP contribution < -0.4 is 20.6 Å². The number of para-hydroxylation sites is 1. The number of benzene rings is 1. The fraction of sp³-hybridized carbons (Fsp3) is 0.333.